The number of aromatic nitrogens is 2. The second kappa shape index (κ2) is 10.2. The lowest BCUT2D eigenvalue weighted by molar-refractivity contribution is 0.372. The predicted octanol–water partition coefficient (Wildman–Crippen LogP) is 4.94. The molecule has 0 fully saturated rings. The predicted molar refractivity (Wildman–Crippen MR) is 121 cm³/mol. The van der Waals surface area contributed by atoms with Crippen LogP contribution in [0.25, 0.3) is 0 Å². The van der Waals surface area contributed by atoms with Crippen molar-refractivity contribution in [3.8, 4) is 5.75 Å². The van der Waals surface area contributed by atoms with Crippen molar-refractivity contribution in [3.63, 3.8) is 0 Å². The molecule has 0 bridgehead atoms. The van der Waals surface area contributed by atoms with Gasteiger partial charge in [-0.1, -0.05) is 34.1 Å². The molecule has 0 saturated heterocycles. The van der Waals surface area contributed by atoms with Gasteiger partial charge in [-0.15, -0.1) is 0 Å². The molecule has 2 aromatic carbocycles. The normalized spacial score (nSPS) is 10.5. The number of hydrogen-bond acceptors (Lipinski definition) is 3. The van der Waals surface area contributed by atoms with Crippen LogP contribution in [0.2, 0.25) is 0 Å². The molecule has 0 aliphatic rings. The molecule has 0 radical (unpaired) electrons. The van der Waals surface area contributed by atoms with Crippen molar-refractivity contribution in [1.82, 2.24) is 14.5 Å². The second-order valence-corrected chi connectivity index (χ2v) is 7.63. The zero-order valence-corrected chi connectivity index (χ0v) is 18.1. The second-order valence-electron chi connectivity index (χ2n) is 6.32. The Bertz CT molecular complexity index is 884. The van der Waals surface area contributed by atoms with Gasteiger partial charge < -0.3 is 19.5 Å². The third-order valence-corrected chi connectivity index (χ3v) is 5.23. The summed E-state index contributed by atoms with van der Waals surface area (Å²) in [5, 5.41) is 4.04. The Morgan fingerprint density at radius 1 is 1.21 bits per heavy atom. The Kier molecular flexibility index (Phi) is 7.45. The summed E-state index contributed by atoms with van der Waals surface area (Å²) in [6.45, 7) is 2.39. The maximum atomic E-state index is 5.73. The maximum absolute atomic E-state index is 5.73. The number of benzene rings is 2. The minimum absolute atomic E-state index is 0.677. The van der Waals surface area contributed by atoms with E-state index in [4.69, 9.17) is 17.0 Å². The summed E-state index contributed by atoms with van der Waals surface area (Å²) in [4.78, 5) is 6.27. The van der Waals surface area contributed by atoms with Crippen LogP contribution < -0.4 is 10.1 Å². The molecular formula is C21H23BrN4OS. The van der Waals surface area contributed by atoms with E-state index < -0.39 is 0 Å². The van der Waals surface area contributed by atoms with E-state index in [0.29, 0.717) is 11.7 Å². The van der Waals surface area contributed by atoms with Gasteiger partial charge in [-0.05, 0) is 49.0 Å². The Labute approximate surface area is 179 Å². The number of thiocarbonyl (C=S) groups is 1. The highest BCUT2D eigenvalue weighted by Crippen LogP contribution is 2.21. The van der Waals surface area contributed by atoms with Crippen LogP contribution in [0.1, 0.15) is 12.0 Å². The number of nitrogens with zero attached hydrogens (tertiary/aromatic N) is 3. The first-order chi connectivity index (χ1) is 13.7. The van der Waals surface area contributed by atoms with Gasteiger partial charge in [-0.2, -0.15) is 0 Å². The van der Waals surface area contributed by atoms with Crippen molar-refractivity contribution in [2.45, 2.75) is 19.5 Å². The minimum atomic E-state index is 0.677. The topological polar surface area (TPSA) is 42.3 Å². The fourth-order valence-electron chi connectivity index (χ4n) is 2.89. The molecule has 146 valence electrons. The van der Waals surface area contributed by atoms with Crippen molar-refractivity contribution in [2.75, 3.05) is 19.0 Å². The average Bonchev–Trinajstić information content (AvgIpc) is 3.23. The summed E-state index contributed by atoms with van der Waals surface area (Å²) >= 11 is 9.19. The van der Waals surface area contributed by atoms with Gasteiger partial charge in [0.25, 0.3) is 0 Å². The third-order valence-electron chi connectivity index (χ3n) is 4.34. The number of rotatable bonds is 8. The van der Waals surface area contributed by atoms with Crippen LogP contribution in [0.15, 0.2) is 71.7 Å². The molecule has 0 atom stereocenters. The highest BCUT2D eigenvalue weighted by Gasteiger charge is 2.13. The smallest absolute Gasteiger partial charge is 0.173 e. The Hall–Kier alpha value is -2.38. The largest absolute Gasteiger partial charge is 0.496 e. The Balaban J connectivity index is 1.70. The highest BCUT2D eigenvalue weighted by molar-refractivity contribution is 9.10. The number of methoxy groups -OCH3 is 1. The van der Waals surface area contributed by atoms with Crippen LogP contribution in [0.4, 0.5) is 5.69 Å². The van der Waals surface area contributed by atoms with Gasteiger partial charge in [-0.3, -0.25) is 0 Å². The van der Waals surface area contributed by atoms with Gasteiger partial charge in [0.15, 0.2) is 5.11 Å². The molecule has 1 heterocycles. The van der Waals surface area contributed by atoms with E-state index in [0.717, 1.165) is 41.0 Å². The highest BCUT2D eigenvalue weighted by atomic mass is 79.9. The average molecular weight is 459 g/mol. The Morgan fingerprint density at radius 2 is 2.00 bits per heavy atom. The van der Waals surface area contributed by atoms with Crippen LogP contribution in [0.3, 0.4) is 0 Å². The molecule has 1 N–H and O–H groups in total. The number of hydrogen-bond donors (Lipinski definition) is 1. The van der Waals surface area contributed by atoms with E-state index in [1.807, 2.05) is 55.0 Å². The van der Waals surface area contributed by atoms with Crippen LogP contribution in [-0.2, 0) is 13.1 Å². The SMILES string of the molecule is COc1ccccc1CN(CCCn1ccnc1)C(=S)Nc1ccc(Br)cc1. The number of para-hydroxylation sites is 1. The lowest BCUT2D eigenvalue weighted by Gasteiger charge is -2.27. The number of halogens is 1. The van der Waals surface area contributed by atoms with Crippen molar-refractivity contribution in [3.05, 3.63) is 77.3 Å². The number of ether oxygens (including phenoxy) is 1. The van der Waals surface area contributed by atoms with Gasteiger partial charge in [0, 0.05) is 47.8 Å². The standard InChI is InChI=1S/C21H23BrN4OS/c1-27-20-6-3-2-5-17(20)15-26(13-4-12-25-14-11-23-16-25)21(28)24-19-9-7-18(22)8-10-19/h2-3,5-11,14,16H,4,12-13,15H2,1H3,(H,24,28). The lowest BCUT2D eigenvalue weighted by Crippen LogP contribution is -2.35. The van der Waals surface area contributed by atoms with E-state index >= 15 is 0 Å². The first-order valence-corrected chi connectivity index (χ1v) is 10.2. The molecule has 0 unspecified atom stereocenters. The zero-order chi connectivity index (χ0) is 19.8. The van der Waals surface area contributed by atoms with Crippen molar-refractivity contribution < 1.29 is 4.74 Å². The van der Waals surface area contributed by atoms with Crippen LogP contribution in [-0.4, -0.2) is 33.2 Å². The van der Waals surface area contributed by atoms with Crippen molar-refractivity contribution >= 4 is 38.9 Å². The number of anilines is 1. The van der Waals surface area contributed by atoms with Crippen LogP contribution in [0, 0.1) is 0 Å². The maximum Gasteiger partial charge on any atom is 0.173 e. The third kappa shape index (κ3) is 5.81. The van der Waals surface area contributed by atoms with Crippen LogP contribution >= 0.6 is 28.1 Å². The number of aryl methyl sites for hydroxylation is 1. The molecule has 0 aliphatic carbocycles. The first-order valence-electron chi connectivity index (χ1n) is 9.05. The molecule has 5 nitrogen and oxygen atoms in total. The van der Waals surface area contributed by atoms with Crippen LogP contribution in [0.5, 0.6) is 5.75 Å². The summed E-state index contributed by atoms with van der Waals surface area (Å²) in [6, 6.07) is 16.0. The molecule has 28 heavy (non-hydrogen) atoms. The summed E-state index contributed by atoms with van der Waals surface area (Å²) in [5.74, 6) is 0.869. The lowest BCUT2D eigenvalue weighted by atomic mass is 10.2. The first kappa shape index (κ1) is 20.4. The summed E-state index contributed by atoms with van der Waals surface area (Å²) < 4.78 is 8.63. The quantitative estimate of drug-likeness (QED) is 0.484. The van der Waals surface area contributed by atoms with Gasteiger partial charge in [0.1, 0.15) is 5.75 Å². The summed E-state index contributed by atoms with van der Waals surface area (Å²) in [5.41, 5.74) is 2.07. The molecular weight excluding hydrogens is 436 g/mol. The van der Waals surface area contributed by atoms with Gasteiger partial charge >= 0.3 is 0 Å². The van der Waals surface area contributed by atoms with E-state index in [1.165, 1.54) is 0 Å². The van der Waals surface area contributed by atoms with E-state index in [1.54, 1.807) is 13.3 Å². The monoisotopic (exact) mass is 458 g/mol. The fraction of sp³-hybridized carbons (Fsp3) is 0.238. The molecule has 0 aliphatic heterocycles. The molecule has 0 amide bonds. The molecule has 1 aromatic heterocycles. The summed E-state index contributed by atoms with van der Waals surface area (Å²) in [6.07, 6.45) is 6.56. The zero-order valence-electron chi connectivity index (χ0n) is 15.7. The van der Waals surface area contributed by atoms with E-state index in [-0.39, 0.29) is 0 Å². The van der Waals surface area contributed by atoms with Gasteiger partial charge in [0.05, 0.1) is 13.4 Å². The summed E-state index contributed by atoms with van der Waals surface area (Å²) in [7, 11) is 1.70. The Morgan fingerprint density at radius 3 is 2.71 bits per heavy atom. The minimum Gasteiger partial charge on any atom is -0.496 e. The molecule has 3 aromatic rings. The van der Waals surface area contributed by atoms with Crippen molar-refractivity contribution in [2.24, 2.45) is 0 Å². The molecule has 3 rings (SSSR count). The number of nitrogens with one attached hydrogen (secondary N) is 1. The molecule has 0 spiro atoms. The number of imidazole rings is 1. The fourth-order valence-corrected chi connectivity index (χ4v) is 3.43. The molecule has 0 saturated carbocycles. The van der Waals surface area contributed by atoms with E-state index in [9.17, 15) is 0 Å². The molecule has 7 heteroatoms. The van der Waals surface area contributed by atoms with Crippen molar-refractivity contribution in [1.29, 1.82) is 0 Å². The van der Waals surface area contributed by atoms with E-state index in [2.05, 4.69) is 41.8 Å². The van der Waals surface area contributed by atoms with Gasteiger partial charge in [-0.25, -0.2) is 4.98 Å². The van der Waals surface area contributed by atoms with Gasteiger partial charge in [0.2, 0.25) is 0 Å².